The van der Waals surface area contributed by atoms with Gasteiger partial charge in [0.2, 0.25) is 0 Å². The number of hydrogen-bond acceptors (Lipinski definition) is 3. The normalized spacial score (nSPS) is 10.4. The molecule has 0 aliphatic heterocycles. The number of unbranched alkanes of at least 4 members (excludes halogenated alkanes) is 3. The van der Waals surface area contributed by atoms with Crippen LogP contribution in [-0.4, -0.2) is 16.0 Å². The largest absolute Gasteiger partial charge is 0.508 e. The zero-order valence-corrected chi connectivity index (χ0v) is 10.3. The van der Waals surface area contributed by atoms with E-state index in [9.17, 15) is 15.0 Å². The molecule has 17 heavy (non-hydrogen) atoms. The molecule has 0 bridgehead atoms. The third-order valence-corrected chi connectivity index (χ3v) is 2.76. The number of phenols is 2. The average molecular weight is 236 g/mol. The molecule has 0 atom stereocenters. The average Bonchev–Trinajstić information content (AvgIpc) is 2.29. The molecule has 0 aliphatic carbocycles. The Kier molecular flexibility index (Phi) is 5.53. The van der Waals surface area contributed by atoms with E-state index in [4.69, 9.17) is 0 Å². The predicted octanol–water partition coefficient (Wildman–Crippen LogP) is 3.18. The van der Waals surface area contributed by atoms with Crippen LogP contribution in [0.1, 0.15) is 44.6 Å². The Hall–Kier alpha value is -1.51. The first-order valence-electron chi connectivity index (χ1n) is 6.16. The molecule has 1 rings (SSSR count). The van der Waals surface area contributed by atoms with Crippen LogP contribution in [0.4, 0.5) is 0 Å². The Morgan fingerprint density at radius 1 is 1.18 bits per heavy atom. The molecule has 3 heteroatoms. The van der Waals surface area contributed by atoms with Crippen LogP contribution in [0.25, 0.3) is 0 Å². The number of aromatic hydroxyl groups is 2. The third kappa shape index (κ3) is 4.89. The molecule has 0 fully saturated rings. The fourth-order valence-electron chi connectivity index (χ4n) is 1.76. The molecule has 2 N–H and O–H groups in total. The first kappa shape index (κ1) is 13.6. The minimum Gasteiger partial charge on any atom is -0.508 e. The van der Waals surface area contributed by atoms with Gasteiger partial charge < -0.3 is 10.2 Å². The monoisotopic (exact) mass is 236 g/mol. The number of ketones is 1. The van der Waals surface area contributed by atoms with Crippen molar-refractivity contribution in [2.75, 3.05) is 0 Å². The van der Waals surface area contributed by atoms with Crippen molar-refractivity contribution in [3.63, 3.8) is 0 Å². The van der Waals surface area contributed by atoms with Gasteiger partial charge in [-0.2, -0.15) is 0 Å². The van der Waals surface area contributed by atoms with Crippen LogP contribution in [-0.2, 0) is 11.2 Å². The minimum absolute atomic E-state index is 0.0738. The molecular formula is C14H20O3. The summed E-state index contributed by atoms with van der Waals surface area (Å²) in [5.41, 5.74) is 0.505. The minimum atomic E-state index is 0.0738. The molecule has 0 spiro atoms. The van der Waals surface area contributed by atoms with Gasteiger partial charge in [0, 0.05) is 18.4 Å². The van der Waals surface area contributed by atoms with Crippen LogP contribution in [0, 0.1) is 0 Å². The SMILES string of the molecule is CCCCCCC(=O)Cc1cc(O)ccc1O. The molecule has 94 valence electrons. The standard InChI is InChI=1S/C14H20O3/c1-2-3-4-5-6-12(15)9-11-10-13(16)7-8-14(11)17/h7-8,10,16-17H,2-6,9H2,1H3. The van der Waals surface area contributed by atoms with E-state index >= 15 is 0 Å². The summed E-state index contributed by atoms with van der Waals surface area (Å²) in [6.45, 7) is 2.13. The first-order valence-corrected chi connectivity index (χ1v) is 6.16. The number of carbonyl (C=O) groups is 1. The maximum Gasteiger partial charge on any atom is 0.137 e. The highest BCUT2D eigenvalue weighted by Crippen LogP contribution is 2.23. The van der Waals surface area contributed by atoms with Gasteiger partial charge in [-0.15, -0.1) is 0 Å². The smallest absolute Gasteiger partial charge is 0.137 e. The summed E-state index contributed by atoms with van der Waals surface area (Å²) < 4.78 is 0. The van der Waals surface area contributed by atoms with Crippen LogP contribution in [0.15, 0.2) is 18.2 Å². The Morgan fingerprint density at radius 3 is 2.65 bits per heavy atom. The lowest BCUT2D eigenvalue weighted by atomic mass is 10.0. The van der Waals surface area contributed by atoms with Crippen molar-refractivity contribution in [1.29, 1.82) is 0 Å². The Bertz CT molecular complexity index is 372. The predicted molar refractivity (Wildman–Crippen MR) is 67.2 cm³/mol. The van der Waals surface area contributed by atoms with Crippen LogP contribution < -0.4 is 0 Å². The van der Waals surface area contributed by atoms with Crippen molar-refractivity contribution >= 4 is 5.78 Å². The van der Waals surface area contributed by atoms with E-state index in [0.717, 1.165) is 25.7 Å². The van der Waals surface area contributed by atoms with Crippen molar-refractivity contribution < 1.29 is 15.0 Å². The van der Waals surface area contributed by atoms with E-state index in [2.05, 4.69) is 6.92 Å². The quantitative estimate of drug-likeness (QED) is 0.564. The highest BCUT2D eigenvalue weighted by atomic mass is 16.3. The van der Waals surface area contributed by atoms with Crippen LogP contribution in [0.3, 0.4) is 0 Å². The molecule has 0 aliphatic rings. The second kappa shape index (κ2) is 6.94. The summed E-state index contributed by atoms with van der Waals surface area (Å²) in [5.74, 6) is 0.267. The lowest BCUT2D eigenvalue weighted by Gasteiger charge is -2.04. The molecule has 0 saturated heterocycles. The Morgan fingerprint density at radius 2 is 1.94 bits per heavy atom. The summed E-state index contributed by atoms with van der Waals surface area (Å²) in [6, 6.07) is 4.26. The molecule has 0 radical (unpaired) electrons. The number of phenolic OH excluding ortho intramolecular Hbond substituents is 2. The van der Waals surface area contributed by atoms with E-state index in [0.29, 0.717) is 12.0 Å². The molecule has 3 nitrogen and oxygen atoms in total. The fourth-order valence-corrected chi connectivity index (χ4v) is 1.76. The van der Waals surface area contributed by atoms with Crippen molar-refractivity contribution in [2.45, 2.75) is 45.4 Å². The first-order chi connectivity index (χ1) is 8.13. The van der Waals surface area contributed by atoms with Crippen LogP contribution >= 0.6 is 0 Å². The molecule has 0 unspecified atom stereocenters. The van der Waals surface area contributed by atoms with E-state index in [1.54, 1.807) is 0 Å². The zero-order chi connectivity index (χ0) is 12.7. The molecule has 1 aromatic carbocycles. The summed E-state index contributed by atoms with van der Waals surface area (Å²) in [5, 5.41) is 18.8. The topological polar surface area (TPSA) is 57.5 Å². The highest BCUT2D eigenvalue weighted by molar-refractivity contribution is 5.81. The third-order valence-electron chi connectivity index (χ3n) is 2.76. The zero-order valence-electron chi connectivity index (χ0n) is 10.3. The highest BCUT2D eigenvalue weighted by Gasteiger charge is 2.08. The van der Waals surface area contributed by atoms with E-state index in [1.165, 1.54) is 18.2 Å². The number of hydrogen-bond donors (Lipinski definition) is 2. The molecule has 1 aromatic rings. The maximum absolute atomic E-state index is 11.6. The van der Waals surface area contributed by atoms with Gasteiger partial charge in [-0.05, 0) is 24.6 Å². The van der Waals surface area contributed by atoms with Gasteiger partial charge in [0.15, 0.2) is 0 Å². The van der Waals surface area contributed by atoms with Crippen molar-refractivity contribution in [3.05, 3.63) is 23.8 Å². The van der Waals surface area contributed by atoms with Gasteiger partial charge in [0.25, 0.3) is 0 Å². The molecule has 0 heterocycles. The van der Waals surface area contributed by atoms with Gasteiger partial charge in [-0.25, -0.2) is 0 Å². The maximum atomic E-state index is 11.6. The van der Waals surface area contributed by atoms with Gasteiger partial charge >= 0.3 is 0 Å². The van der Waals surface area contributed by atoms with Gasteiger partial charge in [0.05, 0.1) is 0 Å². The van der Waals surface area contributed by atoms with Crippen LogP contribution in [0.5, 0.6) is 11.5 Å². The molecule has 0 aromatic heterocycles. The van der Waals surface area contributed by atoms with E-state index in [1.807, 2.05) is 0 Å². The molecular weight excluding hydrogens is 216 g/mol. The van der Waals surface area contributed by atoms with Gasteiger partial charge in [0.1, 0.15) is 17.3 Å². The van der Waals surface area contributed by atoms with Gasteiger partial charge in [-0.1, -0.05) is 26.2 Å². The second-order valence-electron chi connectivity index (χ2n) is 4.34. The number of rotatable bonds is 7. The van der Waals surface area contributed by atoms with Crippen molar-refractivity contribution in [2.24, 2.45) is 0 Å². The van der Waals surface area contributed by atoms with Crippen LogP contribution in [0.2, 0.25) is 0 Å². The Balaban J connectivity index is 2.42. The number of Topliss-reactive ketones (excluding diaryl/α,β-unsaturated/α-hetero) is 1. The number of carbonyl (C=O) groups excluding carboxylic acids is 1. The fraction of sp³-hybridized carbons (Fsp3) is 0.500. The summed E-state index contributed by atoms with van der Waals surface area (Å²) in [4.78, 5) is 11.6. The number of benzene rings is 1. The summed E-state index contributed by atoms with van der Waals surface area (Å²) in [7, 11) is 0. The van der Waals surface area contributed by atoms with Gasteiger partial charge in [-0.3, -0.25) is 4.79 Å². The lowest BCUT2D eigenvalue weighted by Crippen LogP contribution is -2.02. The Labute approximate surface area is 102 Å². The van der Waals surface area contributed by atoms with E-state index < -0.39 is 0 Å². The summed E-state index contributed by atoms with van der Waals surface area (Å²) in [6.07, 6.45) is 5.05. The molecule has 0 amide bonds. The lowest BCUT2D eigenvalue weighted by molar-refractivity contribution is -0.118. The van der Waals surface area contributed by atoms with Crippen molar-refractivity contribution in [3.8, 4) is 11.5 Å². The van der Waals surface area contributed by atoms with E-state index in [-0.39, 0.29) is 23.7 Å². The second-order valence-corrected chi connectivity index (χ2v) is 4.34. The van der Waals surface area contributed by atoms with Crippen molar-refractivity contribution in [1.82, 2.24) is 0 Å². The molecule has 0 saturated carbocycles. The summed E-state index contributed by atoms with van der Waals surface area (Å²) >= 11 is 0.